The minimum Gasteiger partial charge on any atom is -0.334 e. The number of hydrogen-bond donors (Lipinski definition) is 1. The highest BCUT2D eigenvalue weighted by atomic mass is 32.1. The Morgan fingerprint density at radius 2 is 1.71 bits per heavy atom. The first-order valence-corrected chi connectivity index (χ1v) is 7.20. The molecule has 1 aromatic rings. The normalized spacial score (nSPS) is 42.9. The second-order valence-electron chi connectivity index (χ2n) is 6.49. The van der Waals surface area contributed by atoms with Gasteiger partial charge in [0.1, 0.15) is 0 Å². The Morgan fingerprint density at radius 1 is 1.12 bits per heavy atom. The summed E-state index contributed by atoms with van der Waals surface area (Å²) in [6.45, 7) is 0. The summed E-state index contributed by atoms with van der Waals surface area (Å²) in [5, 5.41) is 0. The second-order valence-corrected chi connectivity index (χ2v) is 6.87. The maximum Gasteiger partial charge on any atom is 0.196 e. The lowest BCUT2D eigenvalue weighted by molar-refractivity contribution is -0.00730. The molecule has 4 aliphatic carbocycles. The van der Waals surface area contributed by atoms with Crippen LogP contribution in [0.4, 0.5) is 0 Å². The lowest BCUT2D eigenvalue weighted by atomic mass is 9.49. The Morgan fingerprint density at radius 3 is 2.24 bits per heavy atom. The lowest BCUT2D eigenvalue weighted by Crippen LogP contribution is -2.48. The molecule has 17 heavy (non-hydrogen) atoms. The van der Waals surface area contributed by atoms with Gasteiger partial charge in [-0.1, -0.05) is 0 Å². The van der Waals surface area contributed by atoms with Crippen molar-refractivity contribution in [2.75, 3.05) is 0 Å². The molecule has 4 aliphatic rings. The maximum absolute atomic E-state index is 5.19. The van der Waals surface area contributed by atoms with Gasteiger partial charge in [0.05, 0.1) is 0 Å². The standard InChI is InChI=1S/C14H18N2S/c17-13-15-2-1-12(16-13)14-6-9-3-10(7-14)5-11(4-9)8-14/h1-2,9-11H,3-8H2,(H,15,16,17). The van der Waals surface area contributed by atoms with Crippen LogP contribution in [0.3, 0.4) is 0 Å². The van der Waals surface area contributed by atoms with Crippen molar-refractivity contribution in [3.05, 3.63) is 22.7 Å². The quantitative estimate of drug-likeness (QED) is 0.767. The molecule has 4 fully saturated rings. The van der Waals surface area contributed by atoms with Crippen LogP contribution < -0.4 is 0 Å². The molecule has 0 aromatic carbocycles. The number of H-pyrrole nitrogens is 1. The molecule has 3 heteroatoms. The van der Waals surface area contributed by atoms with Crippen LogP contribution in [0, 0.1) is 22.5 Å². The number of rotatable bonds is 1. The molecule has 0 spiro atoms. The van der Waals surface area contributed by atoms with E-state index in [4.69, 9.17) is 12.2 Å². The first kappa shape index (κ1) is 10.2. The van der Waals surface area contributed by atoms with Crippen molar-refractivity contribution in [3.63, 3.8) is 0 Å². The Balaban J connectivity index is 1.79. The zero-order valence-corrected chi connectivity index (χ0v) is 10.8. The average Bonchev–Trinajstić information content (AvgIpc) is 2.27. The number of aromatic nitrogens is 2. The van der Waals surface area contributed by atoms with Crippen molar-refractivity contribution in [3.8, 4) is 0 Å². The Kier molecular flexibility index (Phi) is 2.05. The van der Waals surface area contributed by atoms with E-state index in [1.807, 2.05) is 6.20 Å². The number of aromatic amines is 1. The van der Waals surface area contributed by atoms with Crippen LogP contribution in [0.25, 0.3) is 0 Å². The summed E-state index contributed by atoms with van der Waals surface area (Å²) < 4.78 is 0.651. The second kappa shape index (κ2) is 3.41. The topological polar surface area (TPSA) is 28.7 Å². The van der Waals surface area contributed by atoms with E-state index in [9.17, 15) is 0 Å². The predicted octanol–water partition coefficient (Wildman–Crippen LogP) is 3.61. The van der Waals surface area contributed by atoms with E-state index in [2.05, 4.69) is 16.0 Å². The zero-order chi connectivity index (χ0) is 11.5. The van der Waals surface area contributed by atoms with Gasteiger partial charge >= 0.3 is 0 Å². The first-order valence-electron chi connectivity index (χ1n) is 6.79. The first-order chi connectivity index (χ1) is 8.23. The molecule has 90 valence electrons. The molecule has 0 unspecified atom stereocenters. The monoisotopic (exact) mass is 246 g/mol. The number of nitrogens with zero attached hydrogens (tertiary/aromatic N) is 1. The highest BCUT2D eigenvalue weighted by molar-refractivity contribution is 7.71. The van der Waals surface area contributed by atoms with Crippen LogP contribution in [-0.4, -0.2) is 9.97 Å². The summed E-state index contributed by atoms with van der Waals surface area (Å²) >= 11 is 5.19. The molecule has 0 saturated heterocycles. The van der Waals surface area contributed by atoms with Gasteiger partial charge in [-0.05, 0) is 74.6 Å². The smallest absolute Gasteiger partial charge is 0.196 e. The summed E-state index contributed by atoms with van der Waals surface area (Å²) in [5.41, 5.74) is 1.79. The van der Waals surface area contributed by atoms with Crippen LogP contribution in [0.1, 0.15) is 44.2 Å². The fourth-order valence-corrected chi connectivity index (χ4v) is 5.29. The fraction of sp³-hybridized carbons (Fsp3) is 0.714. The van der Waals surface area contributed by atoms with Gasteiger partial charge in [0, 0.05) is 17.3 Å². The fourth-order valence-electron chi connectivity index (χ4n) is 5.12. The number of nitrogens with one attached hydrogen (secondary N) is 1. The molecule has 5 rings (SSSR count). The van der Waals surface area contributed by atoms with Gasteiger partial charge in [-0.25, -0.2) is 4.98 Å². The third kappa shape index (κ3) is 1.51. The third-order valence-corrected chi connectivity index (χ3v) is 5.49. The van der Waals surface area contributed by atoms with Crippen LogP contribution in [0.15, 0.2) is 12.3 Å². The van der Waals surface area contributed by atoms with Crippen LogP contribution >= 0.6 is 12.2 Å². The van der Waals surface area contributed by atoms with Crippen molar-refractivity contribution in [1.29, 1.82) is 0 Å². The molecule has 0 amide bonds. The summed E-state index contributed by atoms with van der Waals surface area (Å²) in [4.78, 5) is 7.49. The van der Waals surface area contributed by atoms with E-state index < -0.39 is 0 Å². The molecule has 0 atom stereocenters. The van der Waals surface area contributed by atoms with Crippen molar-refractivity contribution in [2.45, 2.75) is 43.9 Å². The predicted molar refractivity (Wildman–Crippen MR) is 69.3 cm³/mol. The Bertz CT molecular complexity index is 470. The van der Waals surface area contributed by atoms with E-state index in [0.717, 1.165) is 17.8 Å². The van der Waals surface area contributed by atoms with E-state index in [1.165, 1.54) is 44.2 Å². The van der Waals surface area contributed by atoms with Gasteiger partial charge in [-0.15, -0.1) is 0 Å². The minimum absolute atomic E-state index is 0.422. The van der Waals surface area contributed by atoms with Gasteiger partial charge in [0.2, 0.25) is 0 Å². The molecule has 0 aliphatic heterocycles. The molecule has 1 aromatic heterocycles. The third-order valence-electron chi connectivity index (χ3n) is 5.28. The summed E-state index contributed by atoms with van der Waals surface area (Å²) in [5.74, 6) is 2.95. The lowest BCUT2D eigenvalue weighted by Gasteiger charge is -2.56. The Labute approximate surface area is 107 Å². The van der Waals surface area contributed by atoms with Gasteiger partial charge in [-0.2, -0.15) is 0 Å². The van der Waals surface area contributed by atoms with E-state index in [-0.39, 0.29) is 0 Å². The van der Waals surface area contributed by atoms with Gasteiger partial charge in [-0.3, -0.25) is 0 Å². The van der Waals surface area contributed by atoms with Gasteiger partial charge in [0.25, 0.3) is 0 Å². The summed E-state index contributed by atoms with van der Waals surface area (Å²) in [6, 6.07) is 2.17. The molecule has 1 N–H and O–H groups in total. The van der Waals surface area contributed by atoms with Crippen molar-refractivity contribution < 1.29 is 0 Å². The SMILES string of the molecule is S=c1nccc(C23CC4CC(CC(C4)C2)C3)[nH]1. The molecule has 4 bridgehead atoms. The molecular weight excluding hydrogens is 228 g/mol. The van der Waals surface area contributed by atoms with Crippen molar-refractivity contribution in [1.82, 2.24) is 9.97 Å². The minimum atomic E-state index is 0.422. The maximum atomic E-state index is 5.19. The van der Waals surface area contributed by atoms with E-state index in [0.29, 0.717) is 10.2 Å². The van der Waals surface area contributed by atoms with Crippen LogP contribution in [-0.2, 0) is 5.41 Å². The largest absolute Gasteiger partial charge is 0.334 e. The highest BCUT2D eigenvalue weighted by Crippen LogP contribution is 2.60. The molecule has 1 heterocycles. The highest BCUT2D eigenvalue weighted by Gasteiger charge is 2.51. The average molecular weight is 246 g/mol. The summed E-state index contributed by atoms with van der Waals surface area (Å²) in [7, 11) is 0. The molecule has 2 nitrogen and oxygen atoms in total. The van der Waals surface area contributed by atoms with Gasteiger partial charge < -0.3 is 4.98 Å². The molecular formula is C14H18N2S. The van der Waals surface area contributed by atoms with E-state index >= 15 is 0 Å². The van der Waals surface area contributed by atoms with Crippen molar-refractivity contribution >= 4 is 12.2 Å². The van der Waals surface area contributed by atoms with Gasteiger partial charge in [0.15, 0.2) is 4.77 Å². The molecule has 0 radical (unpaired) electrons. The summed E-state index contributed by atoms with van der Waals surface area (Å²) in [6.07, 6.45) is 10.5. The molecule has 4 saturated carbocycles. The zero-order valence-electron chi connectivity index (χ0n) is 9.98. The van der Waals surface area contributed by atoms with Crippen LogP contribution in [0.5, 0.6) is 0 Å². The van der Waals surface area contributed by atoms with Crippen molar-refractivity contribution in [2.24, 2.45) is 17.8 Å². The Hall–Kier alpha value is -0.700. The van der Waals surface area contributed by atoms with E-state index in [1.54, 1.807) is 0 Å². The van der Waals surface area contributed by atoms with Crippen LogP contribution in [0.2, 0.25) is 0 Å². The number of hydrogen-bond acceptors (Lipinski definition) is 2.